The van der Waals surface area contributed by atoms with Crippen molar-refractivity contribution in [3.8, 4) is 0 Å². The molecule has 6 nitrogen and oxygen atoms in total. The number of rotatable bonds is 3. The number of urea groups is 1. The molecule has 0 aliphatic carbocycles. The van der Waals surface area contributed by atoms with Gasteiger partial charge < -0.3 is 14.7 Å². The van der Waals surface area contributed by atoms with Gasteiger partial charge in [-0.3, -0.25) is 0 Å². The summed E-state index contributed by atoms with van der Waals surface area (Å²) in [5.74, 6) is 0.827. The van der Waals surface area contributed by atoms with Crippen molar-refractivity contribution in [1.29, 1.82) is 0 Å². The Bertz CT molecular complexity index is 718. The Morgan fingerprint density at radius 2 is 1.96 bits per heavy atom. The van der Waals surface area contributed by atoms with E-state index in [1.165, 1.54) is 11.5 Å². The Balaban J connectivity index is 1.62. The van der Waals surface area contributed by atoms with Crippen LogP contribution in [-0.4, -0.2) is 65.5 Å². The van der Waals surface area contributed by atoms with E-state index in [0.29, 0.717) is 13.0 Å². The summed E-state index contributed by atoms with van der Waals surface area (Å²) in [4.78, 5) is 22.6. The van der Waals surface area contributed by atoms with Crippen molar-refractivity contribution in [1.82, 2.24) is 19.2 Å². The van der Waals surface area contributed by atoms with Gasteiger partial charge in [0, 0.05) is 63.3 Å². The first-order chi connectivity index (χ1) is 12.0. The Morgan fingerprint density at radius 1 is 1.20 bits per heavy atom. The molecule has 25 heavy (non-hydrogen) atoms. The van der Waals surface area contributed by atoms with Crippen LogP contribution in [0.2, 0.25) is 5.02 Å². The standard InChI is InChI=1S/C17H22ClN5OS/c1-21(2)17(24)23-9-3-8-22(10-11-23)16-19-15(20-25-16)12-13-4-6-14(18)7-5-13/h4-7H,3,8-12H2,1-2H3. The molecule has 2 amide bonds. The van der Waals surface area contributed by atoms with Crippen molar-refractivity contribution in [3.05, 3.63) is 40.7 Å². The molecule has 1 aliphatic rings. The van der Waals surface area contributed by atoms with Gasteiger partial charge in [0.25, 0.3) is 0 Å². The largest absolute Gasteiger partial charge is 0.345 e. The summed E-state index contributed by atoms with van der Waals surface area (Å²) in [6.07, 6.45) is 1.64. The summed E-state index contributed by atoms with van der Waals surface area (Å²) in [6, 6.07) is 7.84. The number of anilines is 1. The minimum absolute atomic E-state index is 0.0718. The molecule has 0 spiro atoms. The molecule has 0 radical (unpaired) electrons. The van der Waals surface area contributed by atoms with Gasteiger partial charge in [-0.05, 0) is 24.1 Å². The van der Waals surface area contributed by atoms with Crippen LogP contribution in [-0.2, 0) is 6.42 Å². The molecule has 0 N–H and O–H groups in total. The van der Waals surface area contributed by atoms with Gasteiger partial charge in [-0.25, -0.2) is 9.78 Å². The minimum Gasteiger partial charge on any atom is -0.345 e. The third-order valence-electron chi connectivity index (χ3n) is 4.15. The summed E-state index contributed by atoms with van der Waals surface area (Å²) < 4.78 is 4.49. The lowest BCUT2D eigenvalue weighted by molar-refractivity contribution is 0.174. The molecular formula is C17H22ClN5OS. The van der Waals surface area contributed by atoms with Gasteiger partial charge in [-0.1, -0.05) is 23.7 Å². The molecule has 1 saturated heterocycles. The van der Waals surface area contributed by atoms with Crippen LogP contribution in [0.3, 0.4) is 0 Å². The number of carbonyl (C=O) groups excluding carboxylic acids is 1. The number of hydrogen-bond acceptors (Lipinski definition) is 5. The van der Waals surface area contributed by atoms with Gasteiger partial charge in [0.05, 0.1) is 0 Å². The lowest BCUT2D eigenvalue weighted by atomic mass is 10.1. The number of aromatic nitrogens is 2. The normalized spacial score (nSPS) is 15.2. The average Bonchev–Trinajstić information content (AvgIpc) is 2.91. The van der Waals surface area contributed by atoms with Gasteiger partial charge >= 0.3 is 6.03 Å². The van der Waals surface area contributed by atoms with E-state index >= 15 is 0 Å². The number of amides is 2. The van der Waals surface area contributed by atoms with Crippen LogP contribution in [0.15, 0.2) is 24.3 Å². The lowest BCUT2D eigenvalue weighted by Gasteiger charge is -2.24. The molecule has 1 fully saturated rings. The Morgan fingerprint density at radius 3 is 2.68 bits per heavy atom. The molecule has 8 heteroatoms. The molecule has 1 aromatic carbocycles. The van der Waals surface area contributed by atoms with E-state index in [2.05, 4.69) is 14.3 Å². The Kier molecular flexibility index (Phi) is 5.75. The van der Waals surface area contributed by atoms with Crippen LogP contribution in [0.5, 0.6) is 0 Å². The average molecular weight is 380 g/mol. The molecule has 1 aromatic heterocycles. The van der Waals surface area contributed by atoms with Crippen LogP contribution in [0.4, 0.5) is 9.93 Å². The topological polar surface area (TPSA) is 52.6 Å². The van der Waals surface area contributed by atoms with Gasteiger partial charge in [0.15, 0.2) is 0 Å². The number of benzene rings is 1. The van der Waals surface area contributed by atoms with E-state index in [9.17, 15) is 4.79 Å². The van der Waals surface area contributed by atoms with Crippen molar-refractivity contribution in [2.24, 2.45) is 0 Å². The monoisotopic (exact) mass is 379 g/mol. The predicted molar refractivity (Wildman–Crippen MR) is 102 cm³/mol. The Hall–Kier alpha value is -1.86. The summed E-state index contributed by atoms with van der Waals surface area (Å²) in [6.45, 7) is 3.18. The van der Waals surface area contributed by atoms with E-state index in [1.54, 1.807) is 19.0 Å². The quantitative estimate of drug-likeness (QED) is 0.822. The molecular weight excluding hydrogens is 358 g/mol. The van der Waals surface area contributed by atoms with Crippen LogP contribution >= 0.6 is 23.1 Å². The highest BCUT2D eigenvalue weighted by Gasteiger charge is 2.22. The van der Waals surface area contributed by atoms with Crippen molar-refractivity contribution >= 4 is 34.3 Å². The number of hydrogen-bond donors (Lipinski definition) is 0. The third-order valence-corrected chi connectivity index (χ3v) is 5.22. The summed E-state index contributed by atoms with van der Waals surface area (Å²) in [7, 11) is 3.58. The van der Waals surface area contributed by atoms with Crippen molar-refractivity contribution < 1.29 is 4.79 Å². The second-order valence-electron chi connectivity index (χ2n) is 6.30. The number of halogens is 1. The summed E-state index contributed by atoms with van der Waals surface area (Å²) >= 11 is 7.35. The fraction of sp³-hybridized carbons (Fsp3) is 0.471. The van der Waals surface area contributed by atoms with E-state index in [0.717, 1.165) is 47.6 Å². The smallest absolute Gasteiger partial charge is 0.319 e. The molecule has 1 aliphatic heterocycles. The zero-order valence-electron chi connectivity index (χ0n) is 14.5. The van der Waals surface area contributed by atoms with Crippen LogP contribution in [0.25, 0.3) is 0 Å². The highest BCUT2D eigenvalue weighted by molar-refractivity contribution is 7.09. The van der Waals surface area contributed by atoms with Gasteiger partial charge in [0.1, 0.15) is 5.82 Å². The zero-order valence-corrected chi connectivity index (χ0v) is 16.1. The molecule has 2 aromatic rings. The second-order valence-corrected chi connectivity index (χ2v) is 7.47. The van der Waals surface area contributed by atoms with Crippen molar-refractivity contribution in [2.45, 2.75) is 12.8 Å². The highest BCUT2D eigenvalue weighted by atomic mass is 35.5. The maximum Gasteiger partial charge on any atom is 0.319 e. The molecule has 0 atom stereocenters. The summed E-state index contributed by atoms with van der Waals surface area (Å²) in [5.41, 5.74) is 1.15. The Labute approximate surface area is 157 Å². The van der Waals surface area contributed by atoms with E-state index < -0.39 is 0 Å². The van der Waals surface area contributed by atoms with Gasteiger partial charge in [0.2, 0.25) is 5.13 Å². The number of nitrogens with zero attached hydrogens (tertiary/aromatic N) is 5. The van der Waals surface area contributed by atoms with E-state index in [1.807, 2.05) is 29.2 Å². The maximum atomic E-state index is 12.1. The molecule has 0 bridgehead atoms. The van der Waals surface area contributed by atoms with Crippen LogP contribution < -0.4 is 4.90 Å². The summed E-state index contributed by atoms with van der Waals surface area (Å²) in [5, 5.41) is 1.67. The van der Waals surface area contributed by atoms with E-state index in [4.69, 9.17) is 11.6 Å². The first-order valence-corrected chi connectivity index (χ1v) is 9.46. The van der Waals surface area contributed by atoms with Crippen LogP contribution in [0.1, 0.15) is 17.8 Å². The molecule has 0 unspecified atom stereocenters. The molecule has 134 valence electrons. The van der Waals surface area contributed by atoms with Crippen molar-refractivity contribution in [2.75, 3.05) is 45.2 Å². The SMILES string of the molecule is CN(C)C(=O)N1CCCN(c2nc(Cc3ccc(Cl)cc3)ns2)CC1. The highest BCUT2D eigenvalue weighted by Crippen LogP contribution is 2.21. The third kappa shape index (κ3) is 4.61. The van der Waals surface area contributed by atoms with Gasteiger partial charge in [-0.15, -0.1) is 0 Å². The maximum absolute atomic E-state index is 12.1. The molecule has 2 heterocycles. The van der Waals surface area contributed by atoms with Gasteiger partial charge in [-0.2, -0.15) is 4.37 Å². The van der Waals surface area contributed by atoms with Crippen LogP contribution in [0, 0.1) is 0 Å². The second kappa shape index (κ2) is 8.01. The fourth-order valence-electron chi connectivity index (χ4n) is 2.81. The first-order valence-electron chi connectivity index (χ1n) is 8.31. The molecule has 3 rings (SSSR count). The van der Waals surface area contributed by atoms with E-state index in [-0.39, 0.29) is 6.03 Å². The minimum atomic E-state index is 0.0718. The zero-order chi connectivity index (χ0) is 17.8. The molecule has 0 saturated carbocycles. The predicted octanol–water partition coefficient (Wildman–Crippen LogP) is 2.98. The number of carbonyl (C=O) groups is 1. The fourth-order valence-corrected chi connectivity index (χ4v) is 3.68. The first kappa shape index (κ1) is 17.9. The van der Waals surface area contributed by atoms with Crippen molar-refractivity contribution in [3.63, 3.8) is 0 Å². The lowest BCUT2D eigenvalue weighted by Crippen LogP contribution is -2.41.